The third kappa shape index (κ3) is 2.88. The molecule has 9 heteroatoms. The molecule has 0 saturated carbocycles. The molecule has 0 radical (unpaired) electrons. The van der Waals surface area contributed by atoms with Crippen LogP contribution in [0, 0.1) is 0 Å². The second-order valence-electron chi connectivity index (χ2n) is 3.81. The lowest BCUT2D eigenvalue weighted by Crippen LogP contribution is -2.20. The second kappa shape index (κ2) is 6.62. The number of hydrogen-bond acceptors (Lipinski definition) is 8. The van der Waals surface area contributed by atoms with Crippen LogP contribution in [0.25, 0.3) is 0 Å². The Bertz CT molecular complexity index is 614. The van der Waals surface area contributed by atoms with Crippen molar-refractivity contribution < 1.29 is 5.21 Å². The maximum Gasteiger partial charge on any atom is 0.176 e. The van der Waals surface area contributed by atoms with Crippen LogP contribution in [0.5, 0.6) is 0 Å². The third-order valence-corrected chi connectivity index (χ3v) is 4.40. The van der Waals surface area contributed by atoms with Crippen molar-refractivity contribution in [3.05, 3.63) is 23.1 Å². The van der Waals surface area contributed by atoms with E-state index < -0.39 is 0 Å². The van der Waals surface area contributed by atoms with Crippen LogP contribution in [-0.2, 0) is 12.8 Å². The fourth-order valence-corrected chi connectivity index (χ4v) is 3.30. The lowest BCUT2D eigenvalue weighted by atomic mass is 10.0. The highest BCUT2D eigenvalue weighted by Gasteiger charge is 2.19. The summed E-state index contributed by atoms with van der Waals surface area (Å²) in [5.41, 5.74) is 8.24. The van der Waals surface area contributed by atoms with Crippen molar-refractivity contribution in [3.63, 3.8) is 0 Å². The Labute approximate surface area is 124 Å². The summed E-state index contributed by atoms with van der Waals surface area (Å²) in [7, 11) is 0. The van der Waals surface area contributed by atoms with Crippen molar-refractivity contribution in [2.45, 2.75) is 36.1 Å². The van der Waals surface area contributed by atoms with Gasteiger partial charge in [-0.05, 0) is 41.7 Å². The third-order valence-electron chi connectivity index (χ3n) is 2.70. The number of aryl methyl sites for hydroxylation is 1. The van der Waals surface area contributed by atoms with Gasteiger partial charge in [-0.25, -0.2) is 4.98 Å². The van der Waals surface area contributed by atoms with Gasteiger partial charge in [0, 0.05) is 0 Å². The van der Waals surface area contributed by atoms with E-state index in [1.165, 1.54) is 29.6 Å². The van der Waals surface area contributed by atoms with Crippen LogP contribution in [-0.4, -0.2) is 30.6 Å². The molecule has 0 amide bonds. The Balaban J connectivity index is 2.55. The molecule has 0 spiro atoms. The zero-order valence-electron chi connectivity index (χ0n) is 11.1. The van der Waals surface area contributed by atoms with Gasteiger partial charge in [0.25, 0.3) is 0 Å². The lowest BCUT2D eigenvalue weighted by Gasteiger charge is -2.13. The SMILES string of the molecule is CCc1nnc(Sc2ncns2)c(C(N)=NO)c1CC. The Morgan fingerprint density at radius 2 is 2.20 bits per heavy atom. The van der Waals surface area contributed by atoms with Gasteiger partial charge in [-0.2, -0.15) is 9.47 Å². The topological polar surface area (TPSA) is 110 Å². The largest absolute Gasteiger partial charge is 0.409 e. The van der Waals surface area contributed by atoms with Gasteiger partial charge in [0.05, 0.1) is 11.3 Å². The van der Waals surface area contributed by atoms with Crippen molar-refractivity contribution in [3.8, 4) is 0 Å². The van der Waals surface area contributed by atoms with Crippen LogP contribution in [0.15, 0.2) is 20.8 Å². The van der Waals surface area contributed by atoms with E-state index in [1.807, 2.05) is 13.8 Å². The Kier molecular flexibility index (Phi) is 4.85. The van der Waals surface area contributed by atoms with E-state index in [2.05, 4.69) is 24.7 Å². The summed E-state index contributed by atoms with van der Waals surface area (Å²) in [6, 6.07) is 0. The highest BCUT2D eigenvalue weighted by molar-refractivity contribution is 8.01. The van der Waals surface area contributed by atoms with Crippen LogP contribution >= 0.6 is 23.3 Å². The van der Waals surface area contributed by atoms with Crippen LogP contribution in [0.3, 0.4) is 0 Å². The number of oxime groups is 1. The van der Waals surface area contributed by atoms with Crippen molar-refractivity contribution in [2.75, 3.05) is 0 Å². The molecule has 3 N–H and O–H groups in total. The molecular weight excluding hydrogens is 296 g/mol. The highest BCUT2D eigenvalue weighted by Crippen LogP contribution is 2.31. The molecule has 2 rings (SSSR count). The van der Waals surface area contributed by atoms with E-state index >= 15 is 0 Å². The van der Waals surface area contributed by atoms with Gasteiger partial charge < -0.3 is 10.9 Å². The quantitative estimate of drug-likeness (QED) is 0.374. The summed E-state index contributed by atoms with van der Waals surface area (Å²) in [6.07, 6.45) is 2.95. The maximum atomic E-state index is 9.00. The van der Waals surface area contributed by atoms with Crippen LogP contribution in [0.4, 0.5) is 0 Å². The van der Waals surface area contributed by atoms with Gasteiger partial charge in [-0.3, -0.25) is 0 Å². The van der Waals surface area contributed by atoms with Crippen molar-refractivity contribution in [1.82, 2.24) is 19.6 Å². The number of nitrogens with two attached hydrogens (primary N) is 1. The van der Waals surface area contributed by atoms with Gasteiger partial charge in [0.15, 0.2) is 10.2 Å². The van der Waals surface area contributed by atoms with Crippen molar-refractivity contribution in [2.24, 2.45) is 10.9 Å². The molecule has 20 heavy (non-hydrogen) atoms. The molecule has 106 valence electrons. The summed E-state index contributed by atoms with van der Waals surface area (Å²) in [5.74, 6) is 0.0402. The van der Waals surface area contributed by atoms with Crippen molar-refractivity contribution in [1.29, 1.82) is 0 Å². The highest BCUT2D eigenvalue weighted by atomic mass is 32.2. The molecule has 0 atom stereocenters. The van der Waals surface area contributed by atoms with Gasteiger partial charge in [-0.15, -0.1) is 5.10 Å². The lowest BCUT2D eigenvalue weighted by molar-refractivity contribution is 0.318. The van der Waals surface area contributed by atoms with Gasteiger partial charge in [0.1, 0.15) is 11.4 Å². The van der Waals surface area contributed by atoms with Crippen LogP contribution in [0.2, 0.25) is 0 Å². The fraction of sp³-hybridized carbons (Fsp3) is 0.364. The molecule has 0 aliphatic rings. The van der Waals surface area contributed by atoms with E-state index in [0.29, 0.717) is 10.6 Å². The van der Waals surface area contributed by atoms with E-state index in [0.717, 1.165) is 28.4 Å². The molecule has 0 aliphatic carbocycles. The van der Waals surface area contributed by atoms with E-state index in [9.17, 15) is 0 Å². The van der Waals surface area contributed by atoms with E-state index in [1.54, 1.807) is 0 Å². The zero-order valence-corrected chi connectivity index (χ0v) is 12.7. The first kappa shape index (κ1) is 14.7. The van der Waals surface area contributed by atoms with E-state index in [-0.39, 0.29) is 5.84 Å². The molecule has 0 saturated heterocycles. The average molecular weight is 310 g/mol. The number of hydrogen-bond donors (Lipinski definition) is 2. The van der Waals surface area contributed by atoms with Crippen LogP contribution < -0.4 is 5.73 Å². The van der Waals surface area contributed by atoms with Crippen LogP contribution in [0.1, 0.15) is 30.7 Å². The molecule has 7 nitrogen and oxygen atoms in total. The molecule has 2 aromatic heterocycles. The number of aromatic nitrogens is 4. The average Bonchev–Trinajstić information content (AvgIpc) is 2.98. The molecular formula is C11H14N6OS2. The van der Waals surface area contributed by atoms with Gasteiger partial charge >= 0.3 is 0 Å². The second-order valence-corrected chi connectivity index (χ2v) is 5.82. The molecule has 0 aromatic carbocycles. The Morgan fingerprint density at radius 1 is 1.40 bits per heavy atom. The summed E-state index contributed by atoms with van der Waals surface area (Å²) < 4.78 is 4.67. The zero-order chi connectivity index (χ0) is 14.5. The molecule has 0 fully saturated rings. The Morgan fingerprint density at radius 3 is 2.75 bits per heavy atom. The van der Waals surface area contributed by atoms with Gasteiger partial charge in [-0.1, -0.05) is 19.0 Å². The molecule has 2 heterocycles. The predicted molar refractivity (Wildman–Crippen MR) is 77.3 cm³/mol. The summed E-state index contributed by atoms with van der Waals surface area (Å²) in [6.45, 7) is 4.00. The van der Waals surface area contributed by atoms with Crippen molar-refractivity contribution >= 4 is 29.1 Å². The minimum absolute atomic E-state index is 0.0402. The molecule has 0 bridgehead atoms. The first-order valence-electron chi connectivity index (χ1n) is 6.02. The summed E-state index contributed by atoms with van der Waals surface area (Å²) in [4.78, 5) is 4.10. The summed E-state index contributed by atoms with van der Waals surface area (Å²) in [5, 5.41) is 21.1. The summed E-state index contributed by atoms with van der Waals surface area (Å²) >= 11 is 2.57. The minimum Gasteiger partial charge on any atom is -0.409 e. The first-order chi connectivity index (χ1) is 9.71. The number of amidine groups is 1. The Hall–Kier alpha value is -1.74. The predicted octanol–water partition coefficient (Wildman–Crippen LogP) is 1.70. The van der Waals surface area contributed by atoms with E-state index in [4.69, 9.17) is 10.9 Å². The number of rotatable bonds is 5. The molecule has 2 aromatic rings. The molecule has 0 aliphatic heterocycles. The maximum absolute atomic E-state index is 9.00. The normalized spacial score (nSPS) is 11.8. The monoisotopic (exact) mass is 310 g/mol. The standard InChI is InChI=1S/C11H14N6OS2/c1-3-6-7(4-2)15-16-10(8(6)9(12)17-18)19-11-13-5-14-20-11/h5,18H,3-4H2,1-2H3,(H2,12,17). The minimum atomic E-state index is 0.0402. The first-order valence-corrected chi connectivity index (χ1v) is 7.61. The fourth-order valence-electron chi connectivity index (χ4n) is 1.83. The molecule has 0 unspecified atom stereocenters. The van der Waals surface area contributed by atoms with Gasteiger partial charge in [0.2, 0.25) is 0 Å². The smallest absolute Gasteiger partial charge is 0.176 e. The number of nitrogens with zero attached hydrogens (tertiary/aromatic N) is 5.